The minimum Gasteiger partial charge on any atom is -0.228 e. The Morgan fingerprint density at radius 3 is 1.73 bits per heavy atom. The molecular weight excluding hydrogens is 208 g/mol. The van der Waals surface area contributed by atoms with Gasteiger partial charge >= 0.3 is 0 Å². The molecule has 4 aliphatic carbocycles. The highest BCUT2D eigenvalue weighted by atomic mass is 32.2. The highest BCUT2D eigenvalue weighted by Gasteiger charge is 2.50. The number of rotatable bonds is 0. The van der Waals surface area contributed by atoms with Crippen LogP contribution in [0.25, 0.3) is 0 Å². The number of hydrogen-bond acceptors (Lipinski definition) is 2. The van der Waals surface area contributed by atoms with E-state index in [1.807, 2.05) is 0 Å². The predicted molar refractivity (Wildman–Crippen MR) is 57.9 cm³/mol. The van der Waals surface area contributed by atoms with Gasteiger partial charge in [-0.1, -0.05) is 24.3 Å². The van der Waals surface area contributed by atoms with E-state index in [1.54, 1.807) is 0 Å². The Bertz CT molecular complexity index is 496. The van der Waals surface area contributed by atoms with Crippen LogP contribution in [0.3, 0.4) is 0 Å². The van der Waals surface area contributed by atoms with Crippen molar-refractivity contribution in [3.05, 3.63) is 35.5 Å². The van der Waals surface area contributed by atoms with Gasteiger partial charge in [-0.15, -0.1) is 0 Å². The van der Waals surface area contributed by atoms with E-state index < -0.39 is 9.84 Å². The molecule has 0 spiro atoms. The smallest absolute Gasteiger partial charge is 0.157 e. The first-order valence-electron chi connectivity index (χ1n) is 5.45. The van der Waals surface area contributed by atoms with E-state index in [0.29, 0.717) is 35.2 Å². The maximum absolute atomic E-state index is 11.7. The summed E-state index contributed by atoms with van der Waals surface area (Å²) in [6.07, 6.45) is 8.96. The lowest BCUT2D eigenvalue weighted by Crippen LogP contribution is -2.40. The van der Waals surface area contributed by atoms with Crippen molar-refractivity contribution in [1.82, 2.24) is 0 Å². The van der Waals surface area contributed by atoms with Crippen LogP contribution in [0.5, 0.6) is 0 Å². The Hall–Kier alpha value is -0.830. The molecule has 15 heavy (non-hydrogen) atoms. The molecule has 0 saturated carbocycles. The Balaban J connectivity index is 1.88. The summed E-state index contributed by atoms with van der Waals surface area (Å²) in [6.45, 7) is 0. The summed E-state index contributed by atoms with van der Waals surface area (Å²) in [7, 11) is -2.82. The van der Waals surface area contributed by atoms with Crippen molar-refractivity contribution in [2.45, 2.75) is 0 Å². The van der Waals surface area contributed by atoms with Crippen molar-refractivity contribution >= 4 is 9.84 Å². The van der Waals surface area contributed by atoms with Crippen LogP contribution in [0.4, 0.5) is 0 Å². The number of hydrogen-bond donors (Lipinski definition) is 0. The van der Waals surface area contributed by atoms with Crippen LogP contribution in [0.1, 0.15) is 0 Å². The zero-order valence-corrected chi connectivity index (χ0v) is 9.07. The van der Waals surface area contributed by atoms with Gasteiger partial charge in [-0.05, 0) is 23.0 Å². The maximum atomic E-state index is 11.7. The largest absolute Gasteiger partial charge is 0.228 e. The molecule has 1 aliphatic heterocycles. The normalized spacial score (nSPS) is 47.7. The summed E-state index contributed by atoms with van der Waals surface area (Å²) >= 11 is 0. The van der Waals surface area contributed by atoms with Gasteiger partial charge in [-0.2, -0.15) is 0 Å². The lowest BCUT2D eigenvalue weighted by atomic mass is 9.56. The summed E-state index contributed by atoms with van der Waals surface area (Å²) in [5.41, 5.74) is 2.46. The molecule has 1 heterocycles. The van der Waals surface area contributed by atoms with E-state index in [9.17, 15) is 8.42 Å². The molecule has 0 N–H and O–H groups in total. The third kappa shape index (κ3) is 0.882. The second kappa shape index (κ2) is 2.29. The summed E-state index contributed by atoms with van der Waals surface area (Å²) in [5, 5.41) is 0. The van der Waals surface area contributed by atoms with Crippen LogP contribution >= 0.6 is 0 Å². The standard InChI is InChI=1S/C12H12O2S/c13-15(14)5-11-9-3-4-10(12(11)6-15)8-2-1-7(8)9/h1-4,7-10H,5-6H2/t7-,8-,9-,10-/m0/s1. The van der Waals surface area contributed by atoms with Crippen LogP contribution < -0.4 is 0 Å². The first kappa shape index (κ1) is 8.34. The Labute approximate surface area is 89.3 Å². The van der Waals surface area contributed by atoms with Crippen molar-refractivity contribution in [1.29, 1.82) is 0 Å². The van der Waals surface area contributed by atoms with E-state index in [0.717, 1.165) is 0 Å². The highest BCUT2D eigenvalue weighted by Crippen LogP contribution is 2.55. The van der Waals surface area contributed by atoms with E-state index in [-0.39, 0.29) is 0 Å². The molecular formula is C12H12O2S. The number of sulfone groups is 1. The fourth-order valence-electron chi connectivity index (χ4n) is 3.61. The average Bonchev–Trinajstić information content (AvgIpc) is 2.42. The first-order chi connectivity index (χ1) is 7.16. The van der Waals surface area contributed by atoms with Gasteiger partial charge in [0.05, 0.1) is 11.5 Å². The topological polar surface area (TPSA) is 34.1 Å². The van der Waals surface area contributed by atoms with Gasteiger partial charge < -0.3 is 0 Å². The first-order valence-corrected chi connectivity index (χ1v) is 7.27. The van der Waals surface area contributed by atoms with Crippen LogP contribution in [-0.2, 0) is 9.84 Å². The molecule has 2 bridgehead atoms. The van der Waals surface area contributed by atoms with Gasteiger partial charge in [-0.3, -0.25) is 0 Å². The van der Waals surface area contributed by atoms with Crippen LogP contribution in [0.2, 0.25) is 0 Å². The molecule has 5 aliphatic rings. The molecule has 78 valence electrons. The van der Waals surface area contributed by atoms with Crippen molar-refractivity contribution in [2.24, 2.45) is 23.7 Å². The van der Waals surface area contributed by atoms with Gasteiger partial charge in [0.25, 0.3) is 0 Å². The average molecular weight is 220 g/mol. The van der Waals surface area contributed by atoms with E-state index >= 15 is 0 Å². The van der Waals surface area contributed by atoms with Gasteiger partial charge in [0.2, 0.25) is 0 Å². The van der Waals surface area contributed by atoms with E-state index in [2.05, 4.69) is 24.3 Å². The molecule has 4 atom stereocenters. The molecule has 0 radical (unpaired) electrons. The fourth-order valence-corrected chi connectivity index (χ4v) is 5.42. The van der Waals surface area contributed by atoms with Crippen molar-refractivity contribution in [3.8, 4) is 0 Å². The minimum atomic E-state index is -2.82. The SMILES string of the molecule is O=S1(=O)CC2=C(C1)[C@H]1C=C[C@H]2[C@H]2C=C[C@@H]21. The van der Waals surface area contributed by atoms with E-state index in [1.165, 1.54) is 11.1 Å². The van der Waals surface area contributed by atoms with Crippen LogP contribution in [0, 0.1) is 23.7 Å². The van der Waals surface area contributed by atoms with Crippen molar-refractivity contribution < 1.29 is 8.42 Å². The molecule has 0 fully saturated rings. The Morgan fingerprint density at radius 1 is 0.867 bits per heavy atom. The highest BCUT2D eigenvalue weighted by molar-refractivity contribution is 7.92. The summed E-state index contributed by atoms with van der Waals surface area (Å²) in [4.78, 5) is 0. The fraction of sp³-hybridized carbons (Fsp3) is 0.500. The maximum Gasteiger partial charge on any atom is 0.157 e. The summed E-state index contributed by atoms with van der Waals surface area (Å²) in [5.74, 6) is 2.66. The zero-order chi connectivity index (χ0) is 10.2. The molecule has 0 unspecified atom stereocenters. The van der Waals surface area contributed by atoms with Crippen LogP contribution in [-0.4, -0.2) is 19.9 Å². The molecule has 0 aromatic carbocycles. The Morgan fingerprint density at radius 2 is 1.33 bits per heavy atom. The van der Waals surface area contributed by atoms with Crippen molar-refractivity contribution in [3.63, 3.8) is 0 Å². The molecule has 5 rings (SSSR count). The lowest BCUT2D eigenvalue weighted by molar-refractivity contribution is 0.271. The monoisotopic (exact) mass is 220 g/mol. The van der Waals surface area contributed by atoms with Crippen LogP contribution in [0.15, 0.2) is 35.5 Å². The summed E-state index contributed by atoms with van der Waals surface area (Å²) < 4.78 is 23.3. The van der Waals surface area contributed by atoms with E-state index in [4.69, 9.17) is 0 Å². The Kier molecular flexibility index (Phi) is 1.27. The molecule has 0 aromatic heterocycles. The predicted octanol–water partition coefficient (Wildman–Crippen LogP) is 1.33. The third-order valence-corrected chi connectivity index (χ3v) is 5.82. The molecule has 3 heteroatoms. The van der Waals surface area contributed by atoms with Gasteiger partial charge in [-0.25, -0.2) is 8.42 Å². The van der Waals surface area contributed by atoms with Gasteiger partial charge in [0.1, 0.15) is 0 Å². The summed E-state index contributed by atoms with van der Waals surface area (Å²) in [6, 6.07) is 0. The molecule has 2 nitrogen and oxygen atoms in total. The molecule has 0 amide bonds. The lowest BCUT2D eigenvalue weighted by Gasteiger charge is -2.48. The minimum absolute atomic E-state index is 0.324. The second-order valence-corrected chi connectivity index (χ2v) is 7.12. The van der Waals surface area contributed by atoms with Gasteiger partial charge in [0, 0.05) is 11.8 Å². The third-order valence-electron chi connectivity index (χ3n) is 4.32. The molecule has 0 aromatic rings. The zero-order valence-electron chi connectivity index (χ0n) is 8.26. The van der Waals surface area contributed by atoms with Gasteiger partial charge in [0.15, 0.2) is 9.84 Å². The number of allylic oxidation sites excluding steroid dienone is 4. The molecule has 0 saturated heterocycles. The second-order valence-electron chi connectivity index (χ2n) is 5.06. The van der Waals surface area contributed by atoms with Crippen molar-refractivity contribution in [2.75, 3.05) is 11.5 Å². The quantitative estimate of drug-likeness (QED) is 0.577.